The van der Waals surface area contributed by atoms with Gasteiger partial charge < -0.3 is 5.32 Å². The van der Waals surface area contributed by atoms with Gasteiger partial charge in [0.2, 0.25) is 0 Å². The van der Waals surface area contributed by atoms with Crippen molar-refractivity contribution in [2.45, 2.75) is 71.6 Å². The zero-order valence-corrected chi connectivity index (χ0v) is 21.0. The highest BCUT2D eigenvalue weighted by molar-refractivity contribution is 5.84. The Morgan fingerprint density at radius 3 is 2.09 bits per heavy atom. The van der Waals surface area contributed by atoms with Gasteiger partial charge in [-0.05, 0) is 93.5 Å². The topological polar surface area (TPSA) is 12.0 Å². The highest BCUT2D eigenvalue weighted by atomic mass is 14.9. The SMILES string of the molecule is CC(C)(C)c1ccc(Nc2ccc3c(c2)C2(CC4CCC2(C)C4(C)C)c2ccccc2-3)cc1. The highest BCUT2D eigenvalue weighted by Crippen LogP contribution is 2.78. The minimum absolute atomic E-state index is 0.124. The van der Waals surface area contributed by atoms with E-state index in [-0.39, 0.29) is 16.2 Å². The number of fused-ring (bicyclic) bond motifs is 8. The fraction of sp³-hybridized carbons (Fsp3) is 0.438. The van der Waals surface area contributed by atoms with Crippen LogP contribution >= 0.6 is 0 Å². The van der Waals surface area contributed by atoms with Crippen LogP contribution in [0.3, 0.4) is 0 Å². The molecule has 170 valence electrons. The number of hydrogen-bond donors (Lipinski definition) is 1. The molecule has 1 nitrogen and oxygen atoms in total. The molecular weight excluding hydrogens is 398 g/mol. The van der Waals surface area contributed by atoms with Crippen LogP contribution in [0, 0.1) is 16.7 Å². The van der Waals surface area contributed by atoms with Crippen LogP contribution in [-0.4, -0.2) is 0 Å². The van der Waals surface area contributed by atoms with E-state index >= 15 is 0 Å². The summed E-state index contributed by atoms with van der Waals surface area (Å²) >= 11 is 0. The van der Waals surface area contributed by atoms with Gasteiger partial charge in [0.05, 0.1) is 0 Å². The Balaban J connectivity index is 1.46. The van der Waals surface area contributed by atoms with Crippen LogP contribution in [0.25, 0.3) is 11.1 Å². The lowest BCUT2D eigenvalue weighted by Gasteiger charge is -2.48. The van der Waals surface area contributed by atoms with Gasteiger partial charge in [-0.2, -0.15) is 0 Å². The van der Waals surface area contributed by atoms with Gasteiger partial charge in [0.25, 0.3) is 0 Å². The van der Waals surface area contributed by atoms with Crippen molar-refractivity contribution >= 4 is 11.4 Å². The van der Waals surface area contributed by atoms with Crippen molar-refractivity contribution in [2.75, 3.05) is 5.32 Å². The van der Waals surface area contributed by atoms with Crippen molar-refractivity contribution in [1.29, 1.82) is 0 Å². The highest BCUT2D eigenvalue weighted by Gasteiger charge is 2.71. The van der Waals surface area contributed by atoms with Crippen LogP contribution in [-0.2, 0) is 10.8 Å². The summed E-state index contributed by atoms with van der Waals surface area (Å²) in [6.45, 7) is 14.5. The third-order valence-corrected chi connectivity index (χ3v) is 10.1. The van der Waals surface area contributed by atoms with Crippen LogP contribution in [0.4, 0.5) is 11.4 Å². The molecule has 0 radical (unpaired) electrons. The predicted octanol–water partition coefficient (Wildman–Crippen LogP) is 8.84. The molecule has 0 aromatic heterocycles. The first kappa shape index (κ1) is 21.0. The fourth-order valence-corrected chi connectivity index (χ4v) is 7.79. The standard InChI is InChI=1S/C32H37N/c1-29(2,3)21-11-13-23(14-12-21)33-24-15-16-26-25-9-7-8-10-27(25)32(28(26)19-24)20-22-17-18-31(32,6)30(22,4)5/h7-16,19,22,33H,17-18,20H2,1-6H3. The second-order valence-corrected chi connectivity index (χ2v) is 12.7. The van der Waals surface area contributed by atoms with Crippen molar-refractivity contribution in [1.82, 2.24) is 0 Å². The maximum atomic E-state index is 3.72. The fourth-order valence-electron chi connectivity index (χ4n) is 7.79. The van der Waals surface area contributed by atoms with Gasteiger partial charge in [-0.15, -0.1) is 0 Å². The van der Waals surface area contributed by atoms with Gasteiger partial charge >= 0.3 is 0 Å². The molecule has 1 heteroatoms. The summed E-state index contributed by atoms with van der Waals surface area (Å²) in [4.78, 5) is 0. The molecule has 1 N–H and O–H groups in total. The molecule has 0 amide bonds. The lowest BCUT2D eigenvalue weighted by molar-refractivity contribution is 0.0990. The number of rotatable bonds is 2. The summed E-state index contributed by atoms with van der Waals surface area (Å²) in [6, 6.07) is 25.3. The lowest BCUT2D eigenvalue weighted by Crippen LogP contribution is -2.44. The second kappa shape index (κ2) is 6.53. The Morgan fingerprint density at radius 2 is 1.45 bits per heavy atom. The Hall–Kier alpha value is -2.54. The maximum Gasteiger partial charge on any atom is 0.0387 e. The van der Waals surface area contributed by atoms with E-state index in [0.29, 0.717) is 5.41 Å². The summed E-state index contributed by atoms with van der Waals surface area (Å²) in [5.74, 6) is 0.795. The van der Waals surface area contributed by atoms with Gasteiger partial charge in [0.15, 0.2) is 0 Å². The van der Waals surface area contributed by atoms with Crippen LogP contribution in [0.15, 0.2) is 66.7 Å². The quantitative estimate of drug-likeness (QED) is 0.424. The summed E-state index contributed by atoms with van der Waals surface area (Å²) in [7, 11) is 0. The van der Waals surface area contributed by atoms with Crippen molar-refractivity contribution < 1.29 is 0 Å². The third kappa shape index (κ3) is 2.60. The van der Waals surface area contributed by atoms with Gasteiger partial charge in [0, 0.05) is 16.8 Å². The van der Waals surface area contributed by atoms with Crippen LogP contribution in [0.2, 0.25) is 0 Å². The van der Waals surface area contributed by atoms with Crippen LogP contribution in [0.5, 0.6) is 0 Å². The third-order valence-electron chi connectivity index (χ3n) is 10.1. The molecule has 3 unspecified atom stereocenters. The molecule has 33 heavy (non-hydrogen) atoms. The van der Waals surface area contributed by atoms with E-state index in [1.54, 1.807) is 11.1 Å². The molecule has 2 saturated carbocycles. The van der Waals surface area contributed by atoms with E-state index in [0.717, 1.165) is 11.6 Å². The molecule has 0 saturated heterocycles. The summed E-state index contributed by atoms with van der Waals surface area (Å²) in [6.07, 6.45) is 3.98. The normalized spacial score (nSPS) is 28.7. The molecule has 0 aliphatic heterocycles. The smallest absolute Gasteiger partial charge is 0.0387 e. The zero-order valence-electron chi connectivity index (χ0n) is 21.0. The Labute approximate surface area is 199 Å². The monoisotopic (exact) mass is 435 g/mol. The average molecular weight is 436 g/mol. The summed E-state index contributed by atoms with van der Waals surface area (Å²) in [5.41, 5.74) is 10.7. The molecule has 3 atom stereocenters. The molecule has 3 aliphatic rings. The Kier molecular flexibility index (Phi) is 4.16. The number of hydrogen-bond acceptors (Lipinski definition) is 1. The van der Waals surface area contributed by atoms with Gasteiger partial charge in [-0.25, -0.2) is 0 Å². The molecule has 1 spiro atoms. The first-order chi connectivity index (χ1) is 15.6. The van der Waals surface area contributed by atoms with E-state index in [4.69, 9.17) is 0 Å². The molecule has 3 aliphatic carbocycles. The molecule has 2 bridgehead atoms. The van der Waals surface area contributed by atoms with E-state index in [1.807, 2.05) is 0 Å². The van der Waals surface area contributed by atoms with Crippen LogP contribution in [0.1, 0.15) is 77.5 Å². The molecular formula is C32H37N. The van der Waals surface area contributed by atoms with E-state index < -0.39 is 0 Å². The first-order valence-corrected chi connectivity index (χ1v) is 12.7. The molecule has 3 aromatic carbocycles. The second-order valence-electron chi connectivity index (χ2n) is 12.7. The van der Waals surface area contributed by atoms with Crippen molar-refractivity contribution in [3.05, 3.63) is 83.4 Å². The van der Waals surface area contributed by atoms with Gasteiger partial charge in [0.1, 0.15) is 0 Å². The number of nitrogens with one attached hydrogen (secondary N) is 1. The van der Waals surface area contributed by atoms with Gasteiger partial charge in [-0.3, -0.25) is 0 Å². The number of anilines is 2. The minimum atomic E-state index is 0.124. The first-order valence-electron chi connectivity index (χ1n) is 12.7. The zero-order chi connectivity index (χ0) is 23.2. The minimum Gasteiger partial charge on any atom is -0.356 e. The van der Waals surface area contributed by atoms with E-state index in [2.05, 4.69) is 114 Å². The number of benzene rings is 3. The lowest BCUT2D eigenvalue weighted by atomic mass is 9.55. The molecule has 6 rings (SSSR count). The largest absolute Gasteiger partial charge is 0.356 e. The van der Waals surface area contributed by atoms with E-state index in [9.17, 15) is 0 Å². The van der Waals surface area contributed by atoms with Crippen LogP contribution < -0.4 is 5.32 Å². The molecule has 3 aromatic rings. The molecule has 0 heterocycles. The Morgan fingerprint density at radius 1 is 0.788 bits per heavy atom. The van der Waals surface area contributed by atoms with Gasteiger partial charge in [-0.1, -0.05) is 84.0 Å². The van der Waals surface area contributed by atoms with Crippen molar-refractivity contribution in [3.8, 4) is 11.1 Å². The Bertz CT molecular complexity index is 1240. The molecule has 2 fully saturated rings. The summed E-state index contributed by atoms with van der Waals surface area (Å²) < 4.78 is 0. The van der Waals surface area contributed by atoms with Crippen molar-refractivity contribution in [2.24, 2.45) is 16.7 Å². The van der Waals surface area contributed by atoms with E-state index in [1.165, 1.54) is 41.6 Å². The van der Waals surface area contributed by atoms with Crippen molar-refractivity contribution in [3.63, 3.8) is 0 Å². The maximum absolute atomic E-state index is 3.72. The average Bonchev–Trinajstić information content (AvgIpc) is 3.25. The summed E-state index contributed by atoms with van der Waals surface area (Å²) in [5, 5.41) is 3.72. The predicted molar refractivity (Wildman–Crippen MR) is 140 cm³/mol.